The molecule has 1 saturated heterocycles. The fraction of sp³-hybridized carbons (Fsp3) is 0.615. The van der Waals surface area contributed by atoms with E-state index in [0.29, 0.717) is 28.8 Å². The van der Waals surface area contributed by atoms with E-state index in [1.165, 1.54) is 17.4 Å². The molecular weight excluding hydrogens is 346 g/mol. The molecule has 0 aliphatic carbocycles. The van der Waals surface area contributed by atoms with E-state index >= 15 is 0 Å². The molecule has 1 aromatic rings. The first kappa shape index (κ1) is 19.4. The Balaban J connectivity index is 0.00000242. The van der Waals surface area contributed by atoms with Crippen molar-refractivity contribution in [3.8, 4) is 0 Å². The number of amides is 1. The lowest BCUT2D eigenvalue weighted by Gasteiger charge is -2.31. The van der Waals surface area contributed by atoms with E-state index in [2.05, 4.69) is 5.32 Å². The lowest BCUT2D eigenvalue weighted by molar-refractivity contribution is 0.0695. The fourth-order valence-electron chi connectivity index (χ4n) is 2.64. The Labute approximate surface area is 141 Å². The first-order chi connectivity index (χ1) is 9.82. The van der Waals surface area contributed by atoms with Crippen molar-refractivity contribution in [3.63, 3.8) is 0 Å². The summed E-state index contributed by atoms with van der Waals surface area (Å²) in [6, 6.07) is 1.40. The Morgan fingerprint density at radius 1 is 1.45 bits per heavy atom. The summed E-state index contributed by atoms with van der Waals surface area (Å²) >= 11 is 1.19. The van der Waals surface area contributed by atoms with Crippen molar-refractivity contribution in [2.45, 2.75) is 24.7 Å². The normalized spacial score (nSPS) is 16.4. The molecule has 1 amide bonds. The van der Waals surface area contributed by atoms with E-state index in [1.54, 1.807) is 11.8 Å². The maximum absolute atomic E-state index is 12.4. The molecule has 1 fully saturated rings. The number of piperidine rings is 1. The van der Waals surface area contributed by atoms with Crippen molar-refractivity contribution in [2.75, 3.05) is 26.7 Å². The van der Waals surface area contributed by atoms with Gasteiger partial charge in [-0.1, -0.05) is 0 Å². The maximum atomic E-state index is 12.4. The Morgan fingerprint density at radius 2 is 2.05 bits per heavy atom. The molecule has 1 aliphatic rings. The number of primary sulfonamides is 1. The zero-order valence-corrected chi connectivity index (χ0v) is 15.1. The third-order valence-electron chi connectivity index (χ3n) is 3.78. The van der Waals surface area contributed by atoms with E-state index < -0.39 is 10.0 Å². The summed E-state index contributed by atoms with van der Waals surface area (Å²) in [4.78, 5) is 15.3. The van der Waals surface area contributed by atoms with Crippen LogP contribution in [-0.2, 0) is 10.0 Å². The molecule has 22 heavy (non-hydrogen) atoms. The van der Waals surface area contributed by atoms with E-state index in [0.717, 1.165) is 19.4 Å². The monoisotopic (exact) mass is 367 g/mol. The number of sulfonamides is 1. The molecule has 0 atom stereocenters. The zero-order valence-electron chi connectivity index (χ0n) is 12.7. The van der Waals surface area contributed by atoms with Gasteiger partial charge in [-0.25, -0.2) is 13.6 Å². The number of hydrogen-bond acceptors (Lipinski definition) is 5. The Hall–Kier alpha value is -0.670. The van der Waals surface area contributed by atoms with Crippen molar-refractivity contribution in [2.24, 2.45) is 11.1 Å². The minimum atomic E-state index is -3.76. The molecule has 9 heteroatoms. The average molecular weight is 368 g/mol. The molecule has 0 unspecified atom stereocenters. The molecule has 0 bridgehead atoms. The predicted molar refractivity (Wildman–Crippen MR) is 90.2 cm³/mol. The predicted octanol–water partition coefficient (Wildman–Crippen LogP) is 1.20. The van der Waals surface area contributed by atoms with Crippen LogP contribution in [0.3, 0.4) is 0 Å². The van der Waals surface area contributed by atoms with Crippen LogP contribution in [0.1, 0.15) is 27.4 Å². The van der Waals surface area contributed by atoms with E-state index in [1.807, 2.05) is 7.05 Å². The number of carbonyl (C=O) groups excluding carboxylic acids is 1. The first-order valence-corrected chi connectivity index (χ1v) is 9.26. The quantitative estimate of drug-likeness (QED) is 0.836. The second-order valence-corrected chi connectivity index (χ2v) is 8.16. The summed E-state index contributed by atoms with van der Waals surface area (Å²) in [6.07, 6.45) is 1.94. The number of thiophene rings is 1. The van der Waals surface area contributed by atoms with Gasteiger partial charge >= 0.3 is 0 Å². The molecule has 3 N–H and O–H groups in total. The molecular formula is C13H22ClN3O3S2. The summed E-state index contributed by atoms with van der Waals surface area (Å²) in [6.45, 7) is 4.07. The van der Waals surface area contributed by atoms with Crippen molar-refractivity contribution < 1.29 is 13.2 Å². The molecule has 0 spiro atoms. The summed E-state index contributed by atoms with van der Waals surface area (Å²) in [5, 5.41) is 8.31. The molecule has 0 aromatic carbocycles. The van der Waals surface area contributed by atoms with Crippen LogP contribution in [-0.4, -0.2) is 45.9 Å². The van der Waals surface area contributed by atoms with Gasteiger partial charge in [0.2, 0.25) is 10.0 Å². The van der Waals surface area contributed by atoms with Gasteiger partial charge in [0.05, 0.1) is 9.77 Å². The topological polar surface area (TPSA) is 92.5 Å². The average Bonchev–Trinajstić information content (AvgIpc) is 2.81. The molecule has 126 valence electrons. The van der Waals surface area contributed by atoms with Crippen LogP contribution in [0.4, 0.5) is 0 Å². The SMILES string of the molecule is CNCC1CCN(C(=O)c2cc(S(N)(=O)=O)c(C)s2)CC1.Cl. The van der Waals surface area contributed by atoms with E-state index in [9.17, 15) is 13.2 Å². The fourth-order valence-corrected chi connectivity index (χ4v) is 4.75. The van der Waals surface area contributed by atoms with Gasteiger partial charge in [0.1, 0.15) is 0 Å². The van der Waals surface area contributed by atoms with Gasteiger partial charge in [0.25, 0.3) is 5.91 Å². The highest BCUT2D eigenvalue weighted by molar-refractivity contribution is 7.89. The number of nitrogens with one attached hydrogen (secondary N) is 1. The number of carbonyl (C=O) groups is 1. The number of aryl methyl sites for hydroxylation is 1. The summed E-state index contributed by atoms with van der Waals surface area (Å²) in [5.74, 6) is 0.505. The molecule has 1 aromatic heterocycles. The lowest BCUT2D eigenvalue weighted by atomic mass is 9.97. The standard InChI is InChI=1S/C13H21N3O3S2.ClH/c1-9-12(21(14,18)19)7-11(20-9)13(17)16-5-3-10(4-6-16)8-15-2;/h7,10,15H,3-6,8H2,1-2H3,(H2,14,18,19);1H. The van der Waals surface area contributed by atoms with Gasteiger partial charge in [-0.2, -0.15) is 0 Å². The summed E-state index contributed by atoms with van der Waals surface area (Å²) in [5.41, 5.74) is 0. The van der Waals surface area contributed by atoms with Crippen LogP contribution in [0.2, 0.25) is 0 Å². The second-order valence-electron chi connectivity index (χ2n) is 5.37. The Morgan fingerprint density at radius 3 is 2.50 bits per heavy atom. The zero-order chi connectivity index (χ0) is 15.6. The number of nitrogens with zero attached hydrogens (tertiary/aromatic N) is 1. The van der Waals surface area contributed by atoms with Crippen LogP contribution in [0.15, 0.2) is 11.0 Å². The first-order valence-electron chi connectivity index (χ1n) is 6.90. The van der Waals surface area contributed by atoms with Crippen molar-refractivity contribution >= 4 is 39.7 Å². The van der Waals surface area contributed by atoms with Gasteiger partial charge in [-0.05, 0) is 45.3 Å². The number of likely N-dealkylation sites (tertiary alicyclic amines) is 1. The number of rotatable bonds is 4. The van der Waals surface area contributed by atoms with Gasteiger partial charge in [-0.3, -0.25) is 4.79 Å². The Bertz CT molecular complexity index is 622. The molecule has 6 nitrogen and oxygen atoms in total. The lowest BCUT2D eigenvalue weighted by Crippen LogP contribution is -2.40. The van der Waals surface area contributed by atoms with Crippen molar-refractivity contribution in [1.29, 1.82) is 0 Å². The van der Waals surface area contributed by atoms with Crippen LogP contribution in [0.25, 0.3) is 0 Å². The van der Waals surface area contributed by atoms with Crippen molar-refractivity contribution in [1.82, 2.24) is 10.2 Å². The van der Waals surface area contributed by atoms with E-state index in [-0.39, 0.29) is 23.2 Å². The number of hydrogen-bond donors (Lipinski definition) is 2. The van der Waals surface area contributed by atoms with Crippen LogP contribution in [0.5, 0.6) is 0 Å². The third-order valence-corrected chi connectivity index (χ3v) is 5.99. The second kappa shape index (κ2) is 7.74. The molecule has 1 aliphatic heterocycles. The number of nitrogens with two attached hydrogens (primary N) is 1. The van der Waals surface area contributed by atoms with Gasteiger partial charge in [0, 0.05) is 18.0 Å². The highest BCUT2D eigenvalue weighted by Crippen LogP contribution is 2.27. The molecule has 2 rings (SSSR count). The van der Waals surface area contributed by atoms with Crippen molar-refractivity contribution in [3.05, 3.63) is 15.8 Å². The minimum Gasteiger partial charge on any atom is -0.338 e. The van der Waals surface area contributed by atoms with Crippen LogP contribution < -0.4 is 10.5 Å². The van der Waals surface area contributed by atoms with Gasteiger partial charge in [0.15, 0.2) is 0 Å². The van der Waals surface area contributed by atoms with E-state index in [4.69, 9.17) is 5.14 Å². The van der Waals surface area contributed by atoms with Gasteiger partial charge < -0.3 is 10.2 Å². The highest BCUT2D eigenvalue weighted by Gasteiger charge is 2.26. The minimum absolute atomic E-state index is 0. The smallest absolute Gasteiger partial charge is 0.263 e. The Kier molecular flexibility index (Phi) is 6.82. The third kappa shape index (κ3) is 4.42. The molecule has 2 heterocycles. The molecule has 0 saturated carbocycles. The summed E-state index contributed by atoms with van der Waals surface area (Å²) in [7, 11) is -1.83. The maximum Gasteiger partial charge on any atom is 0.263 e. The van der Waals surface area contributed by atoms with Gasteiger partial charge in [-0.15, -0.1) is 23.7 Å². The summed E-state index contributed by atoms with van der Waals surface area (Å²) < 4.78 is 22.9. The molecule has 0 radical (unpaired) electrons. The van der Waals surface area contributed by atoms with Crippen LogP contribution in [0, 0.1) is 12.8 Å². The largest absolute Gasteiger partial charge is 0.338 e. The highest BCUT2D eigenvalue weighted by atomic mass is 35.5. The number of halogens is 1. The van der Waals surface area contributed by atoms with Crippen LogP contribution >= 0.6 is 23.7 Å².